The first-order chi connectivity index (χ1) is 14.8. The number of aromatic amines is 1. The summed E-state index contributed by atoms with van der Waals surface area (Å²) in [6.07, 6.45) is -0.113. The second-order valence-electron chi connectivity index (χ2n) is 6.88. The van der Waals surface area contributed by atoms with Crippen molar-refractivity contribution in [3.8, 4) is 0 Å². The second kappa shape index (κ2) is 9.80. The van der Waals surface area contributed by atoms with Gasteiger partial charge >= 0.3 is 11.9 Å². The van der Waals surface area contributed by atoms with Crippen molar-refractivity contribution in [2.75, 3.05) is 38.7 Å². The Morgan fingerprint density at radius 2 is 2.10 bits per heavy atom. The molecule has 1 aliphatic rings. The first-order valence-corrected chi connectivity index (χ1v) is 10.1. The molecule has 0 spiro atoms. The molecule has 0 radical (unpaired) electrons. The first-order valence-electron chi connectivity index (χ1n) is 9.71. The Morgan fingerprint density at radius 3 is 2.81 bits per heavy atom. The Hall–Kier alpha value is -3.11. The van der Waals surface area contributed by atoms with Gasteiger partial charge in [-0.1, -0.05) is 11.6 Å². The molecule has 2 aromatic rings. The van der Waals surface area contributed by atoms with Crippen molar-refractivity contribution >= 4 is 51.9 Å². The third kappa shape index (κ3) is 5.15. The molecule has 3 N–H and O–H groups in total. The maximum atomic E-state index is 12.7. The standard InChI is InChI=1S/C20H23ClN4O6/c1-3-31-16(27)9-14-19(28)25(7-6-22-14)10-15(26)24-17-12-8-11(21)4-5-13(12)23-18(17)20(29)30-2/h4-5,8,14,22-23H,3,6-7,9-10H2,1-2H3,(H,24,26)/t14-/m0/s1. The van der Waals surface area contributed by atoms with Crippen molar-refractivity contribution in [2.45, 2.75) is 19.4 Å². The van der Waals surface area contributed by atoms with Gasteiger partial charge in [-0.25, -0.2) is 4.79 Å². The summed E-state index contributed by atoms with van der Waals surface area (Å²) >= 11 is 6.06. The SMILES string of the molecule is CCOC(=O)C[C@@H]1NCCN(CC(=O)Nc2c(C(=O)OC)[nH]c3ccc(Cl)cc23)C1=O. The number of hydrogen-bond acceptors (Lipinski definition) is 7. The van der Waals surface area contributed by atoms with Crippen molar-refractivity contribution in [1.29, 1.82) is 0 Å². The number of hydrogen-bond donors (Lipinski definition) is 3. The van der Waals surface area contributed by atoms with E-state index in [1.807, 2.05) is 0 Å². The van der Waals surface area contributed by atoms with E-state index in [4.69, 9.17) is 21.1 Å². The number of aromatic nitrogens is 1. The van der Waals surface area contributed by atoms with Crippen molar-refractivity contribution in [3.05, 3.63) is 28.9 Å². The summed E-state index contributed by atoms with van der Waals surface area (Å²) in [7, 11) is 1.23. The fourth-order valence-electron chi connectivity index (χ4n) is 3.40. The number of methoxy groups -OCH3 is 1. The Balaban J connectivity index is 1.75. The fourth-order valence-corrected chi connectivity index (χ4v) is 3.57. The number of rotatable bonds is 7. The molecule has 3 rings (SSSR count). The molecule has 0 aliphatic carbocycles. The van der Waals surface area contributed by atoms with Crippen LogP contribution in [0.5, 0.6) is 0 Å². The van der Waals surface area contributed by atoms with E-state index in [-0.39, 0.29) is 36.9 Å². The summed E-state index contributed by atoms with van der Waals surface area (Å²) in [6.45, 7) is 2.40. The van der Waals surface area contributed by atoms with E-state index in [0.29, 0.717) is 29.0 Å². The molecule has 2 amide bonds. The number of ether oxygens (including phenoxy) is 2. The van der Waals surface area contributed by atoms with Crippen LogP contribution in [0.25, 0.3) is 10.9 Å². The highest BCUT2D eigenvalue weighted by molar-refractivity contribution is 6.31. The average molecular weight is 451 g/mol. The molecule has 1 aliphatic heterocycles. The van der Waals surface area contributed by atoms with Crippen LogP contribution in [0.3, 0.4) is 0 Å². The summed E-state index contributed by atoms with van der Waals surface area (Å²) < 4.78 is 9.67. The molecule has 1 fully saturated rings. The number of nitrogens with one attached hydrogen (secondary N) is 3. The largest absolute Gasteiger partial charge is 0.466 e. The Morgan fingerprint density at radius 1 is 1.32 bits per heavy atom. The van der Waals surface area contributed by atoms with Crippen molar-refractivity contribution < 1.29 is 28.7 Å². The maximum absolute atomic E-state index is 12.7. The Labute approximate surface area is 183 Å². The molecule has 0 saturated carbocycles. The van der Waals surface area contributed by atoms with Crippen LogP contribution in [0.4, 0.5) is 5.69 Å². The number of anilines is 1. The molecular weight excluding hydrogens is 428 g/mol. The van der Waals surface area contributed by atoms with Crippen molar-refractivity contribution in [3.63, 3.8) is 0 Å². The molecule has 1 aromatic heterocycles. The molecule has 2 heterocycles. The van der Waals surface area contributed by atoms with E-state index in [1.165, 1.54) is 12.0 Å². The highest BCUT2D eigenvalue weighted by Crippen LogP contribution is 2.30. The number of nitrogens with zero attached hydrogens (tertiary/aromatic N) is 1. The van der Waals surface area contributed by atoms with Crippen LogP contribution >= 0.6 is 11.6 Å². The number of H-pyrrole nitrogens is 1. The molecule has 0 bridgehead atoms. The highest BCUT2D eigenvalue weighted by Gasteiger charge is 2.32. The van der Waals surface area contributed by atoms with Gasteiger partial charge < -0.3 is 30.0 Å². The van der Waals surface area contributed by atoms with Crippen LogP contribution in [0.2, 0.25) is 5.02 Å². The van der Waals surface area contributed by atoms with Crippen molar-refractivity contribution in [1.82, 2.24) is 15.2 Å². The van der Waals surface area contributed by atoms with E-state index < -0.39 is 23.9 Å². The van der Waals surface area contributed by atoms with Gasteiger partial charge in [0.15, 0.2) is 0 Å². The number of benzene rings is 1. The third-order valence-electron chi connectivity index (χ3n) is 4.81. The molecule has 1 aromatic carbocycles. The van der Waals surface area contributed by atoms with Gasteiger partial charge in [0.1, 0.15) is 5.69 Å². The predicted octanol–water partition coefficient (Wildman–Crippen LogP) is 1.30. The number of esters is 2. The zero-order valence-electron chi connectivity index (χ0n) is 17.1. The third-order valence-corrected chi connectivity index (χ3v) is 5.04. The Bertz CT molecular complexity index is 1020. The van der Waals surface area contributed by atoms with Gasteiger partial charge in [-0.3, -0.25) is 14.4 Å². The van der Waals surface area contributed by atoms with Crippen molar-refractivity contribution in [2.24, 2.45) is 0 Å². The lowest BCUT2D eigenvalue weighted by molar-refractivity contribution is -0.148. The van der Waals surface area contributed by atoms with Crippen LogP contribution in [-0.2, 0) is 23.9 Å². The van der Waals surface area contributed by atoms with Gasteiger partial charge in [0, 0.05) is 29.0 Å². The van der Waals surface area contributed by atoms with Crippen LogP contribution < -0.4 is 10.6 Å². The number of carbonyl (C=O) groups excluding carboxylic acids is 4. The number of halogens is 1. The molecular formula is C20H23ClN4O6. The summed E-state index contributed by atoms with van der Waals surface area (Å²) in [5.41, 5.74) is 0.882. The summed E-state index contributed by atoms with van der Waals surface area (Å²) in [5, 5.41) is 6.61. The second-order valence-corrected chi connectivity index (χ2v) is 7.32. The lowest BCUT2D eigenvalue weighted by atomic mass is 10.1. The van der Waals surface area contributed by atoms with E-state index in [2.05, 4.69) is 15.6 Å². The van der Waals surface area contributed by atoms with Crippen LogP contribution in [-0.4, -0.2) is 73.0 Å². The van der Waals surface area contributed by atoms with E-state index >= 15 is 0 Å². The Kier molecular flexibility index (Phi) is 7.13. The fraction of sp³-hybridized carbons (Fsp3) is 0.400. The van der Waals surface area contributed by atoms with Gasteiger partial charge in [-0.05, 0) is 25.1 Å². The quantitative estimate of drug-likeness (QED) is 0.542. The van der Waals surface area contributed by atoms with E-state index in [9.17, 15) is 19.2 Å². The molecule has 1 saturated heterocycles. The molecule has 11 heteroatoms. The zero-order chi connectivity index (χ0) is 22.5. The highest BCUT2D eigenvalue weighted by atomic mass is 35.5. The monoisotopic (exact) mass is 450 g/mol. The van der Waals surface area contributed by atoms with Gasteiger partial charge in [-0.15, -0.1) is 0 Å². The summed E-state index contributed by atoms with van der Waals surface area (Å²) in [6, 6.07) is 4.19. The normalized spacial score (nSPS) is 16.3. The minimum atomic E-state index is -0.752. The molecule has 31 heavy (non-hydrogen) atoms. The molecule has 10 nitrogen and oxygen atoms in total. The number of fused-ring (bicyclic) bond motifs is 1. The zero-order valence-corrected chi connectivity index (χ0v) is 17.9. The van der Waals surface area contributed by atoms with Gasteiger partial charge in [0.2, 0.25) is 11.8 Å². The van der Waals surface area contributed by atoms with Gasteiger partial charge in [-0.2, -0.15) is 0 Å². The first kappa shape index (κ1) is 22.6. The van der Waals surface area contributed by atoms with Gasteiger partial charge in [0.25, 0.3) is 0 Å². The number of piperazine rings is 1. The van der Waals surface area contributed by atoms with Crippen LogP contribution in [0, 0.1) is 0 Å². The summed E-state index contributed by atoms with van der Waals surface area (Å²) in [5.74, 6) is -2.02. The van der Waals surface area contributed by atoms with E-state index in [1.54, 1.807) is 25.1 Å². The average Bonchev–Trinajstić information content (AvgIpc) is 3.08. The van der Waals surface area contributed by atoms with Crippen LogP contribution in [0.1, 0.15) is 23.8 Å². The van der Waals surface area contributed by atoms with Gasteiger partial charge in [0.05, 0.1) is 38.4 Å². The molecule has 0 unspecified atom stereocenters. The van der Waals surface area contributed by atoms with E-state index in [0.717, 1.165) is 0 Å². The molecule has 1 atom stereocenters. The summed E-state index contributed by atoms with van der Waals surface area (Å²) in [4.78, 5) is 53.5. The predicted molar refractivity (Wildman–Crippen MR) is 113 cm³/mol. The minimum Gasteiger partial charge on any atom is -0.466 e. The topological polar surface area (TPSA) is 130 Å². The molecule has 166 valence electrons. The number of amides is 2. The minimum absolute atomic E-state index is 0.0694. The van der Waals surface area contributed by atoms with Crippen LogP contribution in [0.15, 0.2) is 18.2 Å². The smallest absolute Gasteiger partial charge is 0.356 e. The lowest BCUT2D eigenvalue weighted by Crippen LogP contribution is -2.57. The maximum Gasteiger partial charge on any atom is 0.356 e. The number of carbonyl (C=O) groups is 4. The lowest BCUT2D eigenvalue weighted by Gasteiger charge is -2.32.